The minimum Gasteiger partial charge on any atom is -0.478 e. The average Bonchev–Trinajstić information content (AvgIpc) is 3.03. The van der Waals surface area contributed by atoms with Gasteiger partial charge in [0.2, 0.25) is 0 Å². The predicted octanol–water partition coefficient (Wildman–Crippen LogP) is 2.19. The van der Waals surface area contributed by atoms with Gasteiger partial charge in [-0.2, -0.15) is 0 Å². The number of imidazole rings is 1. The van der Waals surface area contributed by atoms with E-state index in [2.05, 4.69) is 16.8 Å². The topological polar surface area (TPSA) is 57.8 Å². The third-order valence-electron chi connectivity index (χ3n) is 3.83. The van der Waals surface area contributed by atoms with Crippen LogP contribution in [0.4, 0.5) is 0 Å². The van der Waals surface area contributed by atoms with Gasteiger partial charge < -0.3 is 9.51 Å². The quantitative estimate of drug-likeness (QED) is 0.918. The fourth-order valence-electron chi connectivity index (χ4n) is 2.84. The molecule has 0 bridgehead atoms. The van der Waals surface area contributed by atoms with Crippen LogP contribution in [-0.4, -0.2) is 38.4 Å². The van der Waals surface area contributed by atoms with Crippen molar-refractivity contribution in [3.63, 3.8) is 0 Å². The first-order chi connectivity index (χ1) is 9.19. The minimum atomic E-state index is -0.909. The molecule has 2 aromatic heterocycles. The Morgan fingerprint density at radius 2 is 2.32 bits per heavy atom. The van der Waals surface area contributed by atoms with Crippen LogP contribution in [0.1, 0.15) is 41.9 Å². The van der Waals surface area contributed by atoms with Crippen molar-refractivity contribution in [2.24, 2.45) is 0 Å². The Labute approximate surface area is 111 Å². The standard InChI is InChI=1S/C14H17N3O2/c1-2-16-7-3-4-12(16)11-9-17-8-10(14(18)19)5-6-13(17)15-11/h5-6,8-9,12H,2-4,7H2,1H3,(H,18,19). The molecule has 100 valence electrons. The highest BCUT2D eigenvalue weighted by Crippen LogP contribution is 2.30. The number of rotatable bonds is 3. The molecular weight excluding hydrogens is 242 g/mol. The SMILES string of the molecule is CCN1CCCC1c1cn2cc(C(=O)O)ccc2n1. The summed E-state index contributed by atoms with van der Waals surface area (Å²) in [6.45, 7) is 4.31. The lowest BCUT2D eigenvalue weighted by Crippen LogP contribution is -2.22. The van der Waals surface area contributed by atoms with E-state index in [-0.39, 0.29) is 5.56 Å². The van der Waals surface area contributed by atoms with Crippen molar-refractivity contribution < 1.29 is 9.90 Å². The second-order valence-electron chi connectivity index (χ2n) is 4.94. The first-order valence-corrected chi connectivity index (χ1v) is 6.65. The molecule has 1 fully saturated rings. The molecular formula is C14H17N3O2. The van der Waals surface area contributed by atoms with Gasteiger partial charge in [0.1, 0.15) is 5.65 Å². The summed E-state index contributed by atoms with van der Waals surface area (Å²) >= 11 is 0. The number of carboxylic acids is 1. The Hall–Kier alpha value is -1.88. The lowest BCUT2D eigenvalue weighted by molar-refractivity contribution is 0.0696. The van der Waals surface area contributed by atoms with E-state index in [1.54, 1.807) is 18.3 Å². The highest BCUT2D eigenvalue weighted by Gasteiger charge is 2.26. The van der Waals surface area contributed by atoms with E-state index in [4.69, 9.17) is 5.11 Å². The molecule has 1 unspecified atom stereocenters. The summed E-state index contributed by atoms with van der Waals surface area (Å²) in [5, 5.41) is 9.00. The van der Waals surface area contributed by atoms with Gasteiger partial charge in [-0.1, -0.05) is 6.92 Å². The van der Waals surface area contributed by atoms with Crippen molar-refractivity contribution in [1.29, 1.82) is 0 Å². The van der Waals surface area contributed by atoms with Crippen LogP contribution in [-0.2, 0) is 0 Å². The highest BCUT2D eigenvalue weighted by molar-refractivity contribution is 5.87. The molecule has 1 aliphatic rings. The zero-order chi connectivity index (χ0) is 13.4. The van der Waals surface area contributed by atoms with Crippen molar-refractivity contribution in [2.75, 3.05) is 13.1 Å². The number of aromatic nitrogens is 2. The first kappa shape index (κ1) is 12.2. The number of nitrogens with zero attached hydrogens (tertiary/aromatic N) is 3. The summed E-state index contributed by atoms with van der Waals surface area (Å²) in [5.74, 6) is -0.909. The first-order valence-electron chi connectivity index (χ1n) is 6.65. The summed E-state index contributed by atoms with van der Waals surface area (Å²) in [6.07, 6.45) is 5.91. The van der Waals surface area contributed by atoms with E-state index >= 15 is 0 Å². The largest absolute Gasteiger partial charge is 0.478 e. The lowest BCUT2D eigenvalue weighted by Gasteiger charge is -2.20. The van der Waals surface area contributed by atoms with Crippen LogP contribution < -0.4 is 0 Å². The van der Waals surface area contributed by atoms with Gasteiger partial charge in [-0.25, -0.2) is 9.78 Å². The van der Waals surface area contributed by atoms with E-state index in [1.165, 1.54) is 6.42 Å². The highest BCUT2D eigenvalue weighted by atomic mass is 16.4. The fourth-order valence-corrected chi connectivity index (χ4v) is 2.84. The number of fused-ring (bicyclic) bond motifs is 1. The second-order valence-corrected chi connectivity index (χ2v) is 4.94. The normalized spacial score (nSPS) is 20.2. The number of aromatic carboxylic acids is 1. The van der Waals surface area contributed by atoms with E-state index in [1.807, 2.05) is 10.6 Å². The molecule has 0 amide bonds. The van der Waals surface area contributed by atoms with Crippen LogP contribution in [0.15, 0.2) is 24.5 Å². The number of carboxylic acid groups (broad SMARTS) is 1. The zero-order valence-electron chi connectivity index (χ0n) is 10.9. The van der Waals surface area contributed by atoms with Crippen molar-refractivity contribution in [1.82, 2.24) is 14.3 Å². The van der Waals surface area contributed by atoms with Gasteiger partial charge in [-0.05, 0) is 38.1 Å². The number of carbonyl (C=O) groups is 1. The Bertz CT molecular complexity index is 620. The van der Waals surface area contributed by atoms with Crippen molar-refractivity contribution in [2.45, 2.75) is 25.8 Å². The van der Waals surface area contributed by atoms with Crippen LogP contribution in [0.5, 0.6) is 0 Å². The molecule has 5 heteroatoms. The number of hydrogen-bond donors (Lipinski definition) is 1. The Balaban J connectivity index is 1.99. The maximum absolute atomic E-state index is 11.0. The van der Waals surface area contributed by atoms with Crippen LogP contribution in [0.2, 0.25) is 0 Å². The monoisotopic (exact) mass is 259 g/mol. The molecule has 1 aliphatic heterocycles. The smallest absolute Gasteiger partial charge is 0.337 e. The zero-order valence-corrected chi connectivity index (χ0v) is 10.9. The van der Waals surface area contributed by atoms with Gasteiger partial charge >= 0.3 is 5.97 Å². The van der Waals surface area contributed by atoms with Gasteiger partial charge in [0.25, 0.3) is 0 Å². The van der Waals surface area contributed by atoms with Crippen molar-refractivity contribution in [3.05, 3.63) is 35.8 Å². The molecule has 3 heterocycles. The van der Waals surface area contributed by atoms with E-state index in [9.17, 15) is 4.79 Å². The molecule has 3 rings (SSSR count). The van der Waals surface area contributed by atoms with E-state index in [0.29, 0.717) is 6.04 Å². The number of pyridine rings is 1. The van der Waals surface area contributed by atoms with Crippen LogP contribution in [0, 0.1) is 0 Å². The summed E-state index contributed by atoms with van der Waals surface area (Å²) in [4.78, 5) is 18.0. The molecule has 19 heavy (non-hydrogen) atoms. The average molecular weight is 259 g/mol. The fraction of sp³-hybridized carbons (Fsp3) is 0.429. The van der Waals surface area contributed by atoms with Gasteiger partial charge in [-0.3, -0.25) is 4.90 Å². The summed E-state index contributed by atoms with van der Waals surface area (Å²) in [6, 6.07) is 3.73. The summed E-state index contributed by atoms with van der Waals surface area (Å²) in [7, 11) is 0. The van der Waals surface area contributed by atoms with Gasteiger partial charge in [-0.15, -0.1) is 0 Å². The molecule has 0 saturated carbocycles. The number of hydrogen-bond acceptors (Lipinski definition) is 3. The summed E-state index contributed by atoms with van der Waals surface area (Å²) < 4.78 is 1.81. The molecule has 1 N–H and O–H groups in total. The Morgan fingerprint density at radius 3 is 3.05 bits per heavy atom. The third kappa shape index (κ3) is 2.10. The maximum Gasteiger partial charge on any atom is 0.337 e. The Kier molecular flexibility index (Phi) is 2.98. The van der Waals surface area contributed by atoms with Crippen LogP contribution >= 0.6 is 0 Å². The predicted molar refractivity (Wildman–Crippen MR) is 71.4 cm³/mol. The number of likely N-dealkylation sites (tertiary alicyclic amines) is 1. The summed E-state index contributed by atoms with van der Waals surface area (Å²) in [5.41, 5.74) is 2.14. The van der Waals surface area contributed by atoms with Crippen molar-refractivity contribution >= 4 is 11.6 Å². The van der Waals surface area contributed by atoms with E-state index < -0.39 is 5.97 Å². The van der Waals surface area contributed by atoms with Crippen LogP contribution in [0.3, 0.4) is 0 Å². The molecule has 5 nitrogen and oxygen atoms in total. The maximum atomic E-state index is 11.0. The molecule has 0 spiro atoms. The Morgan fingerprint density at radius 1 is 1.47 bits per heavy atom. The lowest BCUT2D eigenvalue weighted by atomic mass is 10.1. The minimum absolute atomic E-state index is 0.287. The van der Waals surface area contributed by atoms with Gasteiger partial charge in [0, 0.05) is 12.4 Å². The molecule has 1 saturated heterocycles. The third-order valence-corrected chi connectivity index (χ3v) is 3.83. The second kappa shape index (κ2) is 4.66. The van der Waals surface area contributed by atoms with Gasteiger partial charge in [0.05, 0.1) is 17.3 Å². The van der Waals surface area contributed by atoms with Crippen molar-refractivity contribution in [3.8, 4) is 0 Å². The van der Waals surface area contributed by atoms with Crippen LogP contribution in [0.25, 0.3) is 5.65 Å². The van der Waals surface area contributed by atoms with E-state index in [0.717, 1.165) is 30.9 Å². The molecule has 0 aromatic carbocycles. The molecule has 1 atom stereocenters. The molecule has 0 aliphatic carbocycles. The molecule has 0 radical (unpaired) electrons. The molecule has 2 aromatic rings. The van der Waals surface area contributed by atoms with Gasteiger partial charge in [0.15, 0.2) is 0 Å².